The Morgan fingerprint density at radius 1 is 0.952 bits per heavy atom. The molecule has 0 saturated carbocycles. The summed E-state index contributed by atoms with van der Waals surface area (Å²) in [4.78, 5) is 34.2. The molecule has 0 spiro atoms. The molecule has 0 aliphatic carbocycles. The number of Topliss-reactive ketones (excluding diaryl/α,β-unsaturated/α-hetero) is 1. The minimum absolute atomic E-state index is 0.257. The van der Waals surface area contributed by atoms with Gasteiger partial charge in [-0.15, -0.1) is 0 Å². The number of carbonyl (C=O) groups is 3. The van der Waals surface area contributed by atoms with Crippen LogP contribution in [0.25, 0.3) is 0 Å². The van der Waals surface area contributed by atoms with Crippen molar-refractivity contribution in [2.75, 3.05) is 6.61 Å². The van der Waals surface area contributed by atoms with Gasteiger partial charge in [0.05, 0.1) is 5.56 Å². The zero-order chi connectivity index (χ0) is 15.2. The Kier molecular flexibility index (Phi) is 4.61. The zero-order valence-electron chi connectivity index (χ0n) is 11.5. The number of rotatable bonds is 5. The average molecular weight is 282 g/mol. The number of ketones is 1. The summed E-state index contributed by atoms with van der Waals surface area (Å²) in [6, 6.07) is 13.1. The van der Waals surface area contributed by atoms with Gasteiger partial charge in [0.2, 0.25) is 0 Å². The maximum atomic E-state index is 11.9. The van der Waals surface area contributed by atoms with E-state index in [4.69, 9.17) is 4.74 Å². The van der Waals surface area contributed by atoms with E-state index in [1.54, 1.807) is 12.1 Å². The summed E-state index contributed by atoms with van der Waals surface area (Å²) in [5, 5.41) is 0. The van der Waals surface area contributed by atoms with Gasteiger partial charge in [-0.2, -0.15) is 0 Å². The fraction of sp³-hybridized carbons (Fsp3) is 0.118. The highest BCUT2D eigenvalue weighted by Gasteiger charge is 2.11. The summed E-state index contributed by atoms with van der Waals surface area (Å²) in [7, 11) is 0. The summed E-state index contributed by atoms with van der Waals surface area (Å²) in [5.74, 6) is -0.847. The average Bonchev–Trinajstić information content (AvgIpc) is 2.53. The van der Waals surface area contributed by atoms with Gasteiger partial charge in [-0.1, -0.05) is 42.0 Å². The molecule has 4 heteroatoms. The third-order valence-corrected chi connectivity index (χ3v) is 2.99. The van der Waals surface area contributed by atoms with E-state index in [2.05, 4.69) is 0 Å². The molecular weight excluding hydrogens is 268 g/mol. The van der Waals surface area contributed by atoms with Crippen molar-refractivity contribution in [3.63, 3.8) is 0 Å². The van der Waals surface area contributed by atoms with Gasteiger partial charge in [0, 0.05) is 11.1 Å². The zero-order valence-corrected chi connectivity index (χ0v) is 11.5. The number of benzene rings is 2. The van der Waals surface area contributed by atoms with Crippen LogP contribution in [0.1, 0.15) is 36.6 Å². The van der Waals surface area contributed by atoms with E-state index >= 15 is 0 Å². The molecule has 0 saturated heterocycles. The van der Waals surface area contributed by atoms with Gasteiger partial charge in [0.1, 0.15) is 6.29 Å². The van der Waals surface area contributed by atoms with Gasteiger partial charge in [-0.05, 0) is 19.1 Å². The summed E-state index contributed by atoms with van der Waals surface area (Å²) < 4.78 is 4.97. The maximum Gasteiger partial charge on any atom is 0.338 e. The third-order valence-electron chi connectivity index (χ3n) is 2.99. The van der Waals surface area contributed by atoms with Crippen LogP contribution in [0.4, 0.5) is 0 Å². The molecule has 2 aromatic rings. The Labute approximate surface area is 122 Å². The predicted octanol–water partition coefficient (Wildman–Crippen LogP) is 2.85. The molecular formula is C17H14O4. The van der Waals surface area contributed by atoms with Crippen molar-refractivity contribution in [1.29, 1.82) is 0 Å². The topological polar surface area (TPSA) is 60.4 Å². The van der Waals surface area contributed by atoms with Crippen LogP contribution >= 0.6 is 0 Å². The van der Waals surface area contributed by atoms with Gasteiger partial charge in [0.15, 0.2) is 12.4 Å². The molecule has 0 amide bonds. The van der Waals surface area contributed by atoms with Crippen LogP contribution in [0.15, 0.2) is 48.5 Å². The first-order valence-electron chi connectivity index (χ1n) is 6.42. The van der Waals surface area contributed by atoms with Gasteiger partial charge in [-0.25, -0.2) is 4.79 Å². The molecule has 0 aliphatic rings. The lowest BCUT2D eigenvalue weighted by atomic mass is 10.1. The minimum atomic E-state index is -0.590. The second-order valence-electron chi connectivity index (χ2n) is 4.61. The lowest BCUT2D eigenvalue weighted by molar-refractivity contribution is 0.0474. The summed E-state index contributed by atoms with van der Waals surface area (Å²) in [5.41, 5.74) is 2.34. The largest absolute Gasteiger partial charge is 0.454 e. The first-order valence-corrected chi connectivity index (χ1v) is 6.42. The number of aryl methyl sites for hydroxylation is 1. The molecule has 0 N–H and O–H groups in total. The first kappa shape index (κ1) is 14.7. The highest BCUT2D eigenvalue weighted by molar-refractivity contribution is 5.99. The molecule has 0 aromatic heterocycles. The predicted molar refractivity (Wildman–Crippen MR) is 77.6 cm³/mol. The van der Waals surface area contributed by atoms with E-state index in [1.165, 1.54) is 24.3 Å². The minimum Gasteiger partial charge on any atom is -0.454 e. The molecule has 0 radical (unpaired) electrons. The van der Waals surface area contributed by atoms with Crippen molar-refractivity contribution in [3.05, 3.63) is 70.8 Å². The van der Waals surface area contributed by atoms with Gasteiger partial charge >= 0.3 is 5.97 Å². The molecule has 0 heterocycles. The highest BCUT2D eigenvalue weighted by Crippen LogP contribution is 2.07. The summed E-state index contributed by atoms with van der Waals surface area (Å²) in [6.45, 7) is 1.62. The van der Waals surface area contributed by atoms with Crippen LogP contribution in [0.5, 0.6) is 0 Å². The standard InChI is InChI=1S/C17H14O4/c1-12-2-6-14(7-3-12)16(19)11-21-17(20)15-8-4-13(10-18)5-9-15/h2-10H,11H2,1H3. The third kappa shape index (κ3) is 3.86. The van der Waals surface area contributed by atoms with E-state index in [0.29, 0.717) is 23.0 Å². The Morgan fingerprint density at radius 3 is 2.10 bits per heavy atom. The summed E-state index contributed by atoms with van der Waals surface area (Å²) >= 11 is 0. The van der Waals surface area contributed by atoms with Crippen LogP contribution in [-0.2, 0) is 4.74 Å². The Morgan fingerprint density at radius 2 is 1.52 bits per heavy atom. The maximum absolute atomic E-state index is 11.9. The van der Waals surface area contributed by atoms with E-state index in [1.807, 2.05) is 19.1 Å². The van der Waals surface area contributed by atoms with E-state index in [0.717, 1.165) is 5.56 Å². The molecule has 106 valence electrons. The Balaban J connectivity index is 1.95. The Bertz CT molecular complexity index is 654. The second kappa shape index (κ2) is 6.61. The second-order valence-corrected chi connectivity index (χ2v) is 4.61. The molecule has 2 rings (SSSR count). The number of carbonyl (C=O) groups excluding carboxylic acids is 3. The molecule has 2 aromatic carbocycles. The van der Waals surface area contributed by atoms with Crippen molar-refractivity contribution in [3.8, 4) is 0 Å². The number of hydrogen-bond donors (Lipinski definition) is 0. The fourth-order valence-electron chi connectivity index (χ4n) is 1.73. The molecule has 21 heavy (non-hydrogen) atoms. The van der Waals surface area contributed by atoms with E-state index in [-0.39, 0.29) is 12.4 Å². The lowest BCUT2D eigenvalue weighted by Crippen LogP contribution is -2.14. The van der Waals surface area contributed by atoms with Gasteiger partial charge in [-0.3, -0.25) is 9.59 Å². The lowest BCUT2D eigenvalue weighted by Gasteiger charge is -2.05. The smallest absolute Gasteiger partial charge is 0.338 e. The van der Waals surface area contributed by atoms with Crippen molar-refractivity contribution >= 4 is 18.0 Å². The van der Waals surface area contributed by atoms with Gasteiger partial charge < -0.3 is 4.74 Å². The molecule has 0 atom stereocenters. The fourth-order valence-corrected chi connectivity index (χ4v) is 1.73. The van der Waals surface area contributed by atoms with Crippen LogP contribution in [0.2, 0.25) is 0 Å². The monoisotopic (exact) mass is 282 g/mol. The van der Waals surface area contributed by atoms with Crippen molar-refractivity contribution in [1.82, 2.24) is 0 Å². The molecule has 0 fully saturated rings. The van der Waals surface area contributed by atoms with Crippen LogP contribution in [0.3, 0.4) is 0 Å². The first-order chi connectivity index (χ1) is 10.1. The van der Waals surface area contributed by atoms with E-state index in [9.17, 15) is 14.4 Å². The number of ether oxygens (including phenoxy) is 1. The molecule has 4 nitrogen and oxygen atoms in total. The van der Waals surface area contributed by atoms with Crippen LogP contribution in [0, 0.1) is 6.92 Å². The van der Waals surface area contributed by atoms with Crippen LogP contribution in [-0.4, -0.2) is 24.6 Å². The van der Waals surface area contributed by atoms with Crippen molar-refractivity contribution < 1.29 is 19.1 Å². The molecule has 0 bridgehead atoms. The SMILES string of the molecule is Cc1ccc(C(=O)COC(=O)c2ccc(C=O)cc2)cc1. The molecule has 0 aliphatic heterocycles. The highest BCUT2D eigenvalue weighted by atomic mass is 16.5. The number of hydrogen-bond acceptors (Lipinski definition) is 4. The van der Waals surface area contributed by atoms with Crippen LogP contribution < -0.4 is 0 Å². The molecule has 0 unspecified atom stereocenters. The van der Waals surface area contributed by atoms with Crippen molar-refractivity contribution in [2.45, 2.75) is 6.92 Å². The van der Waals surface area contributed by atoms with Crippen molar-refractivity contribution in [2.24, 2.45) is 0 Å². The quantitative estimate of drug-likeness (QED) is 0.480. The normalized spacial score (nSPS) is 9.95. The van der Waals surface area contributed by atoms with E-state index < -0.39 is 5.97 Å². The number of aldehydes is 1. The number of esters is 1. The Hall–Kier alpha value is -2.75. The van der Waals surface area contributed by atoms with Gasteiger partial charge in [0.25, 0.3) is 0 Å². The summed E-state index contributed by atoms with van der Waals surface area (Å²) in [6.07, 6.45) is 0.691.